The van der Waals surface area contributed by atoms with Gasteiger partial charge in [-0.3, -0.25) is 9.78 Å². The van der Waals surface area contributed by atoms with E-state index in [0.717, 1.165) is 11.1 Å². The van der Waals surface area contributed by atoms with Crippen LogP contribution in [0.15, 0.2) is 18.5 Å². The van der Waals surface area contributed by atoms with Gasteiger partial charge in [-0.25, -0.2) is 4.79 Å². The predicted molar refractivity (Wildman–Crippen MR) is 77.8 cm³/mol. The molecule has 1 fully saturated rings. The number of carboxylic acid groups (broad SMARTS) is 1. The number of likely N-dealkylation sites (tertiary alicyclic amines) is 1. The van der Waals surface area contributed by atoms with Crippen LogP contribution in [0.25, 0.3) is 0 Å². The molecule has 0 saturated carbocycles. The van der Waals surface area contributed by atoms with Gasteiger partial charge in [0, 0.05) is 32.0 Å². The Bertz CT molecular complexity index is 537. The quantitative estimate of drug-likeness (QED) is 0.889. The highest BCUT2D eigenvalue weighted by atomic mass is 16.4. The molecule has 21 heavy (non-hydrogen) atoms. The summed E-state index contributed by atoms with van der Waals surface area (Å²) in [5.74, 6) is -0.784. The lowest BCUT2D eigenvalue weighted by Gasteiger charge is -2.36. The standard InChI is InChI=1S/C15H21N3O3/c1-11-3-6-16-9-12(11)10-17-14(21)18-7-4-15(2,5-8-18)13(19)20/h3,6,9H,4-5,7-8,10H2,1-2H3,(H,17,21)(H,19,20). The number of carboxylic acids is 1. The van der Waals surface area contributed by atoms with Gasteiger partial charge >= 0.3 is 12.0 Å². The van der Waals surface area contributed by atoms with Crippen molar-refractivity contribution in [3.8, 4) is 0 Å². The number of aliphatic carboxylic acids is 1. The van der Waals surface area contributed by atoms with Gasteiger partial charge in [-0.15, -0.1) is 0 Å². The zero-order valence-electron chi connectivity index (χ0n) is 12.4. The lowest BCUT2D eigenvalue weighted by Crippen LogP contribution is -2.48. The number of hydrogen-bond donors (Lipinski definition) is 2. The Hall–Kier alpha value is -2.11. The normalized spacial score (nSPS) is 17.3. The highest BCUT2D eigenvalue weighted by Gasteiger charge is 2.37. The monoisotopic (exact) mass is 291 g/mol. The van der Waals surface area contributed by atoms with E-state index in [2.05, 4.69) is 10.3 Å². The van der Waals surface area contributed by atoms with Crippen LogP contribution in [0.3, 0.4) is 0 Å². The molecule has 1 saturated heterocycles. The Kier molecular flexibility index (Phi) is 4.45. The van der Waals surface area contributed by atoms with Crippen molar-refractivity contribution >= 4 is 12.0 Å². The van der Waals surface area contributed by atoms with Crippen LogP contribution in [0.2, 0.25) is 0 Å². The van der Waals surface area contributed by atoms with Gasteiger partial charge in [0.2, 0.25) is 0 Å². The fraction of sp³-hybridized carbons (Fsp3) is 0.533. The first kappa shape index (κ1) is 15.3. The van der Waals surface area contributed by atoms with Crippen molar-refractivity contribution in [2.45, 2.75) is 33.2 Å². The largest absolute Gasteiger partial charge is 0.481 e. The molecule has 2 rings (SSSR count). The number of carbonyl (C=O) groups excluding carboxylic acids is 1. The van der Waals surface area contributed by atoms with Crippen molar-refractivity contribution in [2.24, 2.45) is 5.41 Å². The summed E-state index contributed by atoms with van der Waals surface area (Å²) < 4.78 is 0. The topological polar surface area (TPSA) is 82.5 Å². The Morgan fingerprint density at radius 2 is 2.10 bits per heavy atom. The molecule has 6 heteroatoms. The first-order chi connectivity index (χ1) is 9.92. The number of amides is 2. The maximum Gasteiger partial charge on any atom is 0.317 e. The molecule has 1 aliphatic rings. The second-order valence-electron chi connectivity index (χ2n) is 5.81. The van der Waals surface area contributed by atoms with E-state index in [4.69, 9.17) is 0 Å². The van der Waals surface area contributed by atoms with Crippen LogP contribution in [0.4, 0.5) is 4.79 Å². The van der Waals surface area contributed by atoms with Crippen molar-refractivity contribution in [3.05, 3.63) is 29.6 Å². The minimum absolute atomic E-state index is 0.148. The van der Waals surface area contributed by atoms with Crippen LogP contribution >= 0.6 is 0 Å². The van der Waals surface area contributed by atoms with Gasteiger partial charge in [0.15, 0.2) is 0 Å². The number of hydrogen-bond acceptors (Lipinski definition) is 3. The molecule has 6 nitrogen and oxygen atoms in total. The van der Waals surface area contributed by atoms with E-state index in [1.54, 1.807) is 24.2 Å². The van der Waals surface area contributed by atoms with Crippen molar-refractivity contribution < 1.29 is 14.7 Å². The molecular weight excluding hydrogens is 270 g/mol. The molecule has 0 aromatic carbocycles. The summed E-state index contributed by atoms with van der Waals surface area (Å²) in [6, 6.07) is 1.76. The van der Waals surface area contributed by atoms with Gasteiger partial charge in [0.05, 0.1) is 5.41 Å². The number of aromatic nitrogens is 1. The van der Waals surface area contributed by atoms with Crippen LogP contribution in [-0.2, 0) is 11.3 Å². The lowest BCUT2D eigenvalue weighted by molar-refractivity contribution is -0.150. The van der Waals surface area contributed by atoms with E-state index in [-0.39, 0.29) is 6.03 Å². The highest BCUT2D eigenvalue weighted by Crippen LogP contribution is 2.30. The third kappa shape index (κ3) is 3.51. The summed E-state index contributed by atoms with van der Waals surface area (Å²) in [6.45, 7) is 5.10. The second kappa shape index (κ2) is 6.11. The van der Waals surface area contributed by atoms with Crippen LogP contribution in [0.5, 0.6) is 0 Å². The molecule has 0 atom stereocenters. The SMILES string of the molecule is Cc1ccncc1CNC(=O)N1CCC(C)(C(=O)O)CC1. The number of nitrogens with zero attached hydrogens (tertiary/aromatic N) is 2. The zero-order chi connectivity index (χ0) is 15.5. The summed E-state index contributed by atoms with van der Waals surface area (Å²) in [5.41, 5.74) is 1.36. The third-order valence-electron chi connectivity index (χ3n) is 4.25. The zero-order valence-corrected chi connectivity index (χ0v) is 12.4. The van der Waals surface area contributed by atoms with Gasteiger partial charge in [0.1, 0.15) is 0 Å². The first-order valence-corrected chi connectivity index (χ1v) is 7.08. The number of carbonyl (C=O) groups is 2. The molecule has 0 spiro atoms. The predicted octanol–water partition coefficient (Wildman–Crippen LogP) is 1.79. The van der Waals surface area contributed by atoms with Gasteiger partial charge in [-0.05, 0) is 43.9 Å². The average molecular weight is 291 g/mol. The van der Waals surface area contributed by atoms with E-state index in [1.807, 2.05) is 13.0 Å². The van der Waals surface area contributed by atoms with E-state index in [9.17, 15) is 14.7 Å². The van der Waals surface area contributed by atoms with E-state index in [0.29, 0.717) is 32.5 Å². The van der Waals surface area contributed by atoms with Gasteiger partial charge in [0.25, 0.3) is 0 Å². The number of rotatable bonds is 3. The Morgan fingerprint density at radius 1 is 1.43 bits per heavy atom. The Balaban J connectivity index is 1.86. The van der Waals surface area contributed by atoms with Crippen LogP contribution < -0.4 is 5.32 Å². The summed E-state index contributed by atoms with van der Waals surface area (Å²) in [6.07, 6.45) is 4.44. The molecule has 2 heterocycles. The summed E-state index contributed by atoms with van der Waals surface area (Å²) in [5, 5.41) is 12.0. The molecule has 1 aromatic rings. The summed E-state index contributed by atoms with van der Waals surface area (Å²) in [7, 11) is 0. The lowest BCUT2D eigenvalue weighted by atomic mass is 9.80. The smallest absolute Gasteiger partial charge is 0.317 e. The van der Waals surface area contributed by atoms with Crippen LogP contribution in [0, 0.1) is 12.3 Å². The van der Waals surface area contributed by atoms with E-state index in [1.165, 1.54) is 0 Å². The molecule has 0 unspecified atom stereocenters. The maximum absolute atomic E-state index is 12.1. The second-order valence-corrected chi connectivity index (χ2v) is 5.81. The van der Waals surface area contributed by atoms with Crippen molar-refractivity contribution in [1.29, 1.82) is 0 Å². The Labute approximate surface area is 124 Å². The molecule has 2 N–H and O–H groups in total. The Morgan fingerprint density at radius 3 is 2.67 bits per heavy atom. The maximum atomic E-state index is 12.1. The number of pyridine rings is 1. The van der Waals surface area contributed by atoms with Gasteiger partial charge < -0.3 is 15.3 Å². The van der Waals surface area contributed by atoms with Crippen molar-refractivity contribution in [3.63, 3.8) is 0 Å². The fourth-order valence-corrected chi connectivity index (χ4v) is 2.38. The van der Waals surface area contributed by atoms with Gasteiger partial charge in [-0.1, -0.05) is 0 Å². The number of piperidine rings is 1. The minimum atomic E-state index is -0.784. The minimum Gasteiger partial charge on any atom is -0.481 e. The van der Waals surface area contributed by atoms with Crippen LogP contribution in [-0.4, -0.2) is 40.1 Å². The number of nitrogens with one attached hydrogen (secondary N) is 1. The third-order valence-corrected chi connectivity index (χ3v) is 4.25. The van der Waals surface area contributed by atoms with Crippen molar-refractivity contribution in [1.82, 2.24) is 15.2 Å². The molecule has 0 aliphatic carbocycles. The van der Waals surface area contributed by atoms with E-state index >= 15 is 0 Å². The van der Waals surface area contributed by atoms with E-state index < -0.39 is 11.4 Å². The molecule has 0 bridgehead atoms. The molecular formula is C15H21N3O3. The fourth-order valence-electron chi connectivity index (χ4n) is 2.38. The summed E-state index contributed by atoms with van der Waals surface area (Å²) in [4.78, 5) is 29.0. The van der Waals surface area contributed by atoms with Gasteiger partial charge in [-0.2, -0.15) is 0 Å². The molecule has 1 aromatic heterocycles. The molecule has 2 amide bonds. The molecule has 1 aliphatic heterocycles. The van der Waals surface area contributed by atoms with Crippen LogP contribution in [0.1, 0.15) is 30.9 Å². The summed E-state index contributed by atoms with van der Waals surface area (Å²) >= 11 is 0. The van der Waals surface area contributed by atoms with Crippen molar-refractivity contribution in [2.75, 3.05) is 13.1 Å². The highest BCUT2D eigenvalue weighted by molar-refractivity contribution is 5.77. The molecule has 114 valence electrons. The first-order valence-electron chi connectivity index (χ1n) is 7.08. The number of urea groups is 1. The average Bonchev–Trinajstić information content (AvgIpc) is 2.46. The number of aryl methyl sites for hydroxylation is 1. The molecule has 0 radical (unpaired) electrons.